The highest BCUT2D eigenvalue weighted by atomic mass is 19.1. The minimum absolute atomic E-state index is 0.0731. The summed E-state index contributed by atoms with van der Waals surface area (Å²) in [6.07, 6.45) is 0. The van der Waals surface area contributed by atoms with E-state index < -0.39 is 38.9 Å². The fourth-order valence-electron chi connectivity index (χ4n) is 3.39. The molecule has 0 radical (unpaired) electrons. The summed E-state index contributed by atoms with van der Waals surface area (Å²) < 4.78 is 19.6. The van der Waals surface area contributed by atoms with Crippen LogP contribution in [0, 0.1) is 26.0 Å². The molecule has 3 aromatic rings. The van der Waals surface area contributed by atoms with Crippen molar-refractivity contribution in [1.29, 1.82) is 0 Å². The number of benzene rings is 3. The first-order valence-corrected chi connectivity index (χ1v) is 9.79. The van der Waals surface area contributed by atoms with Gasteiger partial charge in [0.15, 0.2) is 6.61 Å². The van der Waals surface area contributed by atoms with Crippen molar-refractivity contribution >= 4 is 34.6 Å². The van der Waals surface area contributed by atoms with Crippen molar-refractivity contribution in [3.63, 3.8) is 0 Å². The Labute approximate surface area is 190 Å². The minimum atomic E-state index is -0.841. The van der Waals surface area contributed by atoms with Gasteiger partial charge >= 0.3 is 0 Å². The molecule has 0 aliphatic carbocycles. The van der Waals surface area contributed by atoms with Crippen molar-refractivity contribution in [2.75, 3.05) is 16.8 Å². The third-order valence-electron chi connectivity index (χ3n) is 5.03. The maximum absolute atomic E-state index is 14.1. The van der Waals surface area contributed by atoms with Gasteiger partial charge in [-0.15, -0.1) is 0 Å². The predicted octanol–water partition coefficient (Wildman–Crippen LogP) is 3.82. The van der Waals surface area contributed by atoms with Gasteiger partial charge in [-0.2, -0.15) is 0 Å². The van der Waals surface area contributed by atoms with E-state index >= 15 is 0 Å². The van der Waals surface area contributed by atoms with Crippen molar-refractivity contribution in [3.05, 3.63) is 97.8 Å². The van der Waals surface area contributed by atoms with Crippen LogP contribution < -0.4 is 15.0 Å². The van der Waals surface area contributed by atoms with E-state index in [1.165, 1.54) is 35.2 Å². The smallest absolute Gasteiger partial charge is 0.277 e. The molecule has 12 heteroatoms. The zero-order valence-electron chi connectivity index (χ0n) is 17.3. The number of carbonyl (C=O) groups excluding carboxylic acids is 2. The Bertz CT molecular complexity index is 1310. The lowest BCUT2D eigenvalue weighted by molar-refractivity contribution is -0.394. The molecule has 34 heavy (non-hydrogen) atoms. The number of nitro benzene ring substituents is 2. The van der Waals surface area contributed by atoms with Gasteiger partial charge in [-0.1, -0.05) is 18.2 Å². The van der Waals surface area contributed by atoms with E-state index in [-0.39, 0.29) is 35.7 Å². The number of hydrogen-bond acceptors (Lipinski definition) is 7. The molecule has 0 fully saturated rings. The van der Waals surface area contributed by atoms with Crippen LogP contribution in [0.4, 0.5) is 27.1 Å². The number of nitro groups is 2. The summed E-state index contributed by atoms with van der Waals surface area (Å²) in [5.41, 5.74) is -0.770. The molecule has 0 unspecified atom stereocenters. The van der Waals surface area contributed by atoms with E-state index in [1.54, 1.807) is 12.1 Å². The second-order valence-corrected chi connectivity index (χ2v) is 7.25. The second-order valence-electron chi connectivity index (χ2n) is 7.25. The van der Waals surface area contributed by atoms with Crippen LogP contribution in [0.5, 0.6) is 5.75 Å². The standard InChI is InChI=1S/C22H15FN4O7/c23-18-4-2-1-3-13(18)11-25-19-9-15(5-6-20(19)34-12-21(25)28)24-22(29)14-7-16(26(30)31)10-17(8-14)27(32)33/h1-10H,11-12H2,(H,24,29). The summed E-state index contributed by atoms with van der Waals surface area (Å²) in [6.45, 7) is -0.319. The van der Waals surface area contributed by atoms with Crippen LogP contribution in [0.1, 0.15) is 15.9 Å². The SMILES string of the molecule is O=C(Nc1ccc2c(c1)N(Cc1ccccc1F)C(=O)CO2)c1cc([N+](=O)[O-])cc([N+](=O)[O-])c1. The molecule has 1 aliphatic heterocycles. The van der Waals surface area contributed by atoms with Crippen LogP contribution >= 0.6 is 0 Å². The Morgan fingerprint density at radius 3 is 2.35 bits per heavy atom. The first-order chi connectivity index (χ1) is 16.2. The van der Waals surface area contributed by atoms with Gasteiger partial charge in [0.2, 0.25) is 0 Å². The predicted molar refractivity (Wildman–Crippen MR) is 117 cm³/mol. The first kappa shape index (κ1) is 22.3. The van der Waals surface area contributed by atoms with Crippen LogP contribution in [0.25, 0.3) is 0 Å². The van der Waals surface area contributed by atoms with E-state index in [2.05, 4.69) is 5.32 Å². The average molecular weight is 466 g/mol. The Morgan fingerprint density at radius 1 is 1.03 bits per heavy atom. The number of anilines is 2. The monoisotopic (exact) mass is 466 g/mol. The van der Waals surface area contributed by atoms with Crippen LogP contribution in [-0.4, -0.2) is 28.3 Å². The van der Waals surface area contributed by atoms with Gasteiger partial charge in [-0.3, -0.25) is 29.8 Å². The van der Waals surface area contributed by atoms with Crippen molar-refractivity contribution in [3.8, 4) is 5.75 Å². The summed E-state index contributed by atoms with van der Waals surface area (Å²) in [4.78, 5) is 47.0. The number of rotatable bonds is 6. The third kappa shape index (κ3) is 4.50. The van der Waals surface area contributed by atoms with Crippen molar-refractivity contribution < 1.29 is 28.6 Å². The fourth-order valence-corrected chi connectivity index (χ4v) is 3.39. The maximum atomic E-state index is 14.1. The van der Waals surface area contributed by atoms with Crippen LogP contribution in [0.15, 0.2) is 60.7 Å². The number of carbonyl (C=O) groups is 2. The Morgan fingerprint density at radius 2 is 1.71 bits per heavy atom. The van der Waals surface area contributed by atoms with E-state index in [4.69, 9.17) is 4.74 Å². The summed E-state index contributed by atoms with van der Waals surface area (Å²) in [5.74, 6) is -1.41. The molecule has 0 saturated carbocycles. The van der Waals surface area contributed by atoms with Crippen LogP contribution in [0.2, 0.25) is 0 Å². The lowest BCUT2D eigenvalue weighted by Gasteiger charge is -2.30. The summed E-state index contributed by atoms with van der Waals surface area (Å²) >= 11 is 0. The molecular weight excluding hydrogens is 451 g/mol. The average Bonchev–Trinajstić information content (AvgIpc) is 2.81. The molecule has 4 rings (SSSR count). The van der Waals surface area contributed by atoms with E-state index in [1.807, 2.05) is 0 Å². The number of non-ortho nitro benzene ring substituents is 2. The minimum Gasteiger partial charge on any atom is -0.482 e. The zero-order chi connectivity index (χ0) is 24.4. The van der Waals surface area contributed by atoms with E-state index in [9.17, 15) is 34.2 Å². The van der Waals surface area contributed by atoms with Gasteiger partial charge in [-0.25, -0.2) is 4.39 Å². The number of fused-ring (bicyclic) bond motifs is 1. The van der Waals surface area contributed by atoms with Crippen LogP contribution in [-0.2, 0) is 11.3 Å². The first-order valence-electron chi connectivity index (χ1n) is 9.79. The summed E-state index contributed by atoms with van der Waals surface area (Å²) in [7, 11) is 0. The molecule has 3 aromatic carbocycles. The van der Waals surface area contributed by atoms with Gasteiger partial charge in [-0.05, 0) is 24.3 Å². The molecule has 172 valence electrons. The van der Waals surface area contributed by atoms with E-state index in [0.717, 1.165) is 18.2 Å². The normalized spacial score (nSPS) is 12.5. The molecular formula is C22H15FN4O7. The molecule has 0 spiro atoms. The lowest BCUT2D eigenvalue weighted by atomic mass is 10.1. The molecule has 0 atom stereocenters. The van der Waals surface area contributed by atoms with Crippen molar-refractivity contribution in [1.82, 2.24) is 0 Å². The Hall–Kier alpha value is -4.87. The molecule has 1 heterocycles. The molecule has 1 N–H and O–H groups in total. The number of amides is 2. The highest BCUT2D eigenvalue weighted by molar-refractivity contribution is 6.06. The maximum Gasteiger partial charge on any atom is 0.277 e. The number of nitrogens with one attached hydrogen (secondary N) is 1. The van der Waals surface area contributed by atoms with Gasteiger partial charge in [0.25, 0.3) is 23.2 Å². The quantitative estimate of drug-likeness (QED) is 0.429. The van der Waals surface area contributed by atoms with Crippen LogP contribution in [0.3, 0.4) is 0 Å². The van der Waals surface area contributed by atoms with Gasteiger partial charge in [0.05, 0.1) is 33.7 Å². The molecule has 0 saturated heterocycles. The van der Waals surface area contributed by atoms with Gasteiger partial charge in [0, 0.05) is 23.4 Å². The van der Waals surface area contributed by atoms with Gasteiger partial charge in [0.1, 0.15) is 11.6 Å². The molecule has 11 nitrogen and oxygen atoms in total. The molecule has 0 aromatic heterocycles. The summed E-state index contributed by atoms with van der Waals surface area (Å²) in [6, 6.07) is 13.0. The largest absolute Gasteiger partial charge is 0.482 e. The Balaban J connectivity index is 1.64. The number of hydrogen-bond donors (Lipinski definition) is 1. The third-order valence-corrected chi connectivity index (χ3v) is 5.03. The van der Waals surface area contributed by atoms with Crippen molar-refractivity contribution in [2.45, 2.75) is 6.54 Å². The zero-order valence-corrected chi connectivity index (χ0v) is 17.3. The molecule has 0 bridgehead atoms. The van der Waals surface area contributed by atoms with Gasteiger partial charge < -0.3 is 15.0 Å². The summed E-state index contributed by atoms with van der Waals surface area (Å²) in [5, 5.41) is 24.7. The highest BCUT2D eigenvalue weighted by Gasteiger charge is 2.27. The molecule has 2 amide bonds. The lowest BCUT2D eigenvalue weighted by Crippen LogP contribution is -2.38. The fraction of sp³-hybridized carbons (Fsp3) is 0.0909. The van der Waals surface area contributed by atoms with E-state index in [0.29, 0.717) is 5.75 Å². The molecule has 1 aliphatic rings. The number of halogens is 1. The van der Waals surface area contributed by atoms with Crippen molar-refractivity contribution in [2.24, 2.45) is 0 Å². The highest BCUT2D eigenvalue weighted by Crippen LogP contribution is 2.36. The number of ether oxygens (including phenoxy) is 1. The second kappa shape index (κ2) is 8.94. The Kier molecular flexibility index (Phi) is 5.87. The number of nitrogens with zero attached hydrogens (tertiary/aromatic N) is 3. The topological polar surface area (TPSA) is 145 Å².